The second-order valence-electron chi connectivity index (χ2n) is 5.06. The van der Waals surface area contributed by atoms with Crippen LogP contribution in [-0.4, -0.2) is 34.0 Å². The first kappa shape index (κ1) is 17.7. The maximum Gasteiger partial charge on any atom is 0.319 e. The molecule has 2 rings (SSSR count). The van der Waals surface area contributed by atoms with Gasteiger partial charge in [0.1, 0.15) is 11.6 Å². The Morgan fingerprint density at radius 3 is 2.71 bits per heavy atom. The van der Waals surface area contributed by atoms with Crippen molar-refractivity contribution in [2.24, 2.45) is 0 Å². The lowest BCUT2D eigenvalue weighted by molar-refractivity contribution is -0.125. The number of nitrogens with zero attached hydrogens (tertiary/aromatic N) is 3. The van der Waals surface area contributed by atoms with Gasteiger partial charge in [0.2, 0.25) is 5.91 Å². The van der Waals surface area contributed by atoms with Gasteiger partial charge in [-0.05, 0) is 30.7 Å². The first-order valence-corrected chi connectivity index (χ1v) is 7.47. The largest absolute Gasteiger partial charge is 0.494 e. The Balaban J connectivity index is 1.96. The molecule has 0 aliphatic heterocycles. The Hall–Kier alpha value is -2.70. The minimum absolute atomic E-state index is 0.00376. The van der Waals surface area contributed by atoms with E-state index < -0.39 is 6.55 Å². The number of benzene rings is 1. The number of halogens is 2. The van der Waals surface area contributed by atoms with Crippen LogP contribution in [-0.2, 0) is 11.3 Å². The summed E-state index contributed by atoms with van der Waals surface area (Å²) >= 11 is 0. The van der Waals surface area contributed by atoms with E-state index in [0.717, 1.165) is 15.9 Å². The molecule has 0 aliphatic carbocycles. The van der Waals surface area contributed by atoms with E-state index in [-0.39, 0.29) is 18.3 Å². The number of aromatic nitrogens is 2. The Kier molecular flexibility index (Phi) is 6.06. The zero-order chi connectivity index (χ0) is 17.5. The molecule has 7 heteroatoms. The lowest BCUT2D eigenvalue weighted by Gasteiger charge is -2.15. The van der Waals surface area contributed by atoms with Gasteiger partial charge in [-0.25, -0.2) is 4.98 Å². The fourth-order valence-corrected chi connectivity index (χ4v) is 2.07. The summed E-state index contributed by atoms with van der Waals surface area (Å²) < 4.78 is 31.6. The summed E-state index contributed by atoms with van der Waals surface area (Å²) in [6.07, 6.45) is 5.53. The number of hydrogen-bond acceptors (Lipinski definition) is 3. The van der Waals surface area contributed by atoms with Crippen molar-refractivity contribution in [3.63, 3.8) is 0 Å². The molecule has 0 unspecified atom stereocenters. The van der Waals surface area contributed by atoms with E-state index in [0.29, 0.717) is 6.61 Å². The third kappa shape index (κ3) is 4.65. The van der Waals surface area contributed by atoms with Gasteiger partial charge in [0.25, 0.3) is 0 Å². The molecule has 0 radical (unpaired) electrons. The van der Waals surface area contributed by atoms with Crippen molar-refractivity contribution >= 4 is 12.0 Å². The van der Waals surface area contributed by atoms with Crippen molar-refractivity contribution in [2.75, 3.05) is 13.7 Å². The van der Waals surface area contributed by atoms with Gasteiger partial charge in [-0.3, -0.25) is 9.36 Å². The summed E-state index contributed by atoms with van der Waals surface area (Å²) in [7, 11) is 1.54. The van der Waals surface area contributed by atoms with Crippen LogP contribution < -0.4 is 4.74 Å². The van der Waals surface area contributed by atoms with E-state index in [1.54, 1.807) is 6.08 Å². The Labute approximate surface area is 139 Å². The highest BCUT2D eigenvalue weighted by atomic mass is 19.3. The summed E-state index contributed by atoms with van der Waals surface area (Å²) in [5.41, 5.74) is 0.842. The number of likely N-dealkylation sites (N-methyl/N-ethyl adjacent to an activating group) is 1. The summed E-state index contributed by atoms with van der Waals surface area (Å²) in [5.74, 6) is 0.597. The zero-order valence-electron chi connectivity index (χ0n) is 13.5. The minimum atomic E-state index is -2.68. The van der Waals surface area contributed by atoms with E-state index in [2.05, 4.69) is 4.98 Å². The van der Waals surface area contributed by atoms with Gasteiger partial charge >= 0.3 is 6.55 Å². The molecule has 1 aromatic heterocycles. The SMILES string of the molecule is CCOc1ccc(/C=C/C(=O)N(C)Cc2nccn2C(F)F)cc1. The van der Waals surface area contributed by atoms with Crippen molar-refractivity contribution in [1.82, 2.24) is 14.5 Å². The second-order valence-corrected chi connectivity index (χ2v) is 5.06. The molecule has 0 saturated carbocycles. The quantitative estimate of drug-likeness (QED) is 0.729. The van der Waals surface area contributed by atoms with Crippen molar-refractivity contribution in [1.29, 1.82) is 0 Å². The number of imidazole rings is 1. The van der Waals surface area contributed by atoms with Gasteiger partial charge in [-0.1, -0.05) is 12.1 Å². The molecule has 0 spiro atoms. The van der Waals surface area contributed by atoms with Gasteiger partial charge in [-0.15, -0.1) is 0 Å². The molecule has 0 fully saturated rings. The van der Waals surface area contributed by atoms with Crippen molar-refractivity contribution in [3.8, 4) is 5.75 Å². The third-order valence-electron chi connectivity index (χ3n) is 3.32. The van der Waals surface area contributed by atoms with Gasteiger partial charge in [0.05, 0.1) is 13.2 Å². The van der Waals surface area contributed by atoms with Crippen LogP contribution in [0, 0.1) is 0 Å². The van der Waals surface area contributed by atoms with Crippen LogP contribution in [0.5, 0.6) is 5.75 Å². The molecule has 5 nitrogen and oxygen atoms in total. The van der Waals surface area contributed by atoms with E-state index in [1.807, 2.05) is 31.2 Å². The lowest BCUT2D eigenvalue weighted by Crippen LogP contribution is -2.26. The lowest BCUT2D eigenvalue weighted by atomic mass is 10.2. The number of alkyl halides is 2. The molecule has 128 valence electrons. The highest BCUT2D eigenvalue weighted by molar-refractivity contribution is 5.91. The van der Waals surface area contributed by atoms with E-state index >= 15 is 0 Å². The molecule has 2 aromatic rings. The summed E-state index contributed by atoms with van der Waals surface area (Å²) in [5, 5.41) is 0. The van der Waals surface area contributed by atoms with Crippen LogP contribution in [0.2, 0.25) is 0 Å². The minimum Gasteiger partial charge on any atom is -0.494 e. The summed E-state index contributed by atoms with van der Waals surface area (Å²) in [6.45, 7) is -0.177. The van der Waals surface area contributed by atoms with Crippen molar-refractivity contribution in [2.45, 2.75) is 20.0 Å². The van der Waals surface area contributed by atoms with Crippen molar-refractivity contribution in [3.05, 3.63) is 54.1 Å². The van der Waals surface area contributed by atoms with E-state index in [1.165, 1.54) is 30.4 Å². The van der Waals surface area contributed by atoms with Crippen LogP contribution in [0.25, 0.3) is 6.08 Å². The second kappa shape index (κ2) is 8.24. The van der Waals surface area contributed by atoms with E-state index in [9.17, 15) is 13.6 Å². The standard InChI is InChI=1S/C17H19F2N3O2/c1-3-24-14-7-4-13(5-8-14)6-9-16(23)21(2)12-15-20-10-11-22(15)17(18)19/h4-11,17H,3,12H2,1-2H3/b9-6+. The topological polar surface area (TPSA) is 47.4 Å². The van der Waals surface area contributed by atoms with Crippen LogP contribution in [0.1, 0.15) is 24.9 Å². The van der Waals surface area contributed by atoms with Crippen molar-refractivity contribution < 1.29 is 18.3 Å². The predicted molar refractivity (Wildman–Crippen MR) is 86.6 cm³/mol. The van der Waals surface area contributed by atoms with Crippen LogP contribution in [0.3, 0.4) is 0 Å². The van der Waals surface area contributed by atoms with Crippen LogP contribution in [0.4, 0.5) is 8.78 Å². The van der Waals surface area contributed by atoms with Crippen LogP contribution >= 0.6 is 0 Å². The molecule has 0 bridgehead atoms. The number of carbonyl (C=O) groups excluding carboxylic acids is 1. The average molecular weight is 335 g/mol. The molecule has 0 aliphatic rings. The maximum absolute atomic E-state index is 12.8. The Bertz CT molecular complexity index is 696. The summed E-state index contributed by atoms with van der Waals surface area (Å²) in [4.78, 5) is 17.3. The average Bonchev–Trinajstić information content (AvgIpc) is 3.02. The Morgan fingerprint density at radius 2 is 2.08 bits per heavy atom. The number of carbonyl (C=O) groups is 1. The summed E-state index contributed by atoms with van der Waals surface area (Å²) in [6, 6.07) is 7.30. The molecular formula is C17H19F2N3O2. The molecule has 1 amide bonds. The monoisotopic (exact) mass is 335 g/mol. The Morgan fingerprint density at radius 1 is 1.38 bits per heavy atom. The number of rotatable bonds is 7. The highest BCUT2D eigenvalue weighted by Gasteiger charge is 2.14. The van der Waals surface area contributed by atoms with Gasteiger partial charge in [0, 0.05) is 25.5 Å². The smallest absolute Gasteiger partial charge is 0.319 e. The van der Waals surface area contributed by atoms with Gasteiger partial charge < -0.3 is 9.64 Å². The normalized spacial score (nSPS) is 11.2. The highest BCUT2D eigenvalue weighted by Crippen LogP contribution is 2.15. The van der Waals surface area contributed by atoms with Gasteiger partial charge in [0.15, 0.2) is 0 Å². The fraction of sp³-hybridized carbons (Fsp3) is 0.294. The molecular weight excluding hydrogens is 316 g/mol. The van der Waals surface area contributed by atoms with Crippen LogP contribution in [0.15, 0.2) is 42.7 Å². The first-order chi connectivity index (χ1) is 11.5. The number of ether oxygens (including phenoxy) is 1. The predicted octanol–water partition coefficient (Wildman–Crippen LogP) is 3.35. The molecule has 0 N–H and O–H groups in total. The molecule has 24 heavy (non-hydrogen) atoms. The molecule has 1 heterocycles. The van der Waals surface area contributed by atoms with E-state index in [4.69, 9.17) is 4.74 Å². The molecule has 1 aromatic carbocycles. The third-order valence-corrected chi connectivity index (χ3v) is 3.32. The first-order valence-electron chi connectivity index (χ1n) is 7.47. The number of amides is 1. The fourth-order valence-electron chi connectivity index (χ4n) is 2.07. The zero-order valence-corrected chi connectivity index (χ0v) is 13.5. The van der Waals surface area contributed by atoms with Gasteiger partial charge in [-0.2, -0.15) is 8.78 Å². The molecule has 0 atom stereocenters. The number of hydrogen-bond donors (Lipinski definition) is 0. The molecule has 0 saturated heterocycles. The maximum atomic E-state index is 12.8.